The summed E-state index contributed by atoms with van der Waals surface area (Å²) in [5.74, 6) is 0. The molecule has 21 heavy (non-hydrogen) atoms. The Labute approximate surface area is 128 Å². The molecule has 0 spiro atoms. The number of fused-ring (bicyclic) bond motifs is 1. The van der Waals surface area contributed by atoms with Crippen LogP contribution in [0, 0.1) is 0 Å². The first-order chi connectivity index (χ1) is 10.2. The van der Waals surface area contributed by atoms with E-state index in [-0.39, 0.29) is 8.96 Å². The third-order valence-corrected chi connectivity index (χ3v) is 4.04. The number of hydrogen-bond donors (Lipinski definition) is 2. The van der Waals surface area contributed by atoms with Crippen molar-refractivity contribution in [3.8, 4) is 0 Å². The molecule has 3 nitrogen and oxygen atoms in total. The molecular formula is C17H23BO3. The molecule has 0 saturated carbocycles. The fourth-order valence-corrected chi connectivity index (χ4v) is 2.87. The van der Waals surface area contributed by atoms with Crippen molar-refractivity contribution in [3.05, 3.63) is 65.2 Å². The van der Waals surface area contributed by atoms with Gasteiger partial charge in [0, 0.05) is 2.85 Å². The largest absolute Gasteiger partial charge is 0.488 e. The summed E-state index contributed by atoms with van der Waals surface area (Å²) in [6.45, 7) is 0.542. The first kappa shape index (κ1) is 14.3. The summed E-state index contributed by atoms with van der Waals surface area (Å²) in [4.78, 5) is 0. The van der Waals surface area contributed by atoms with Crippen LogP contribution in [0.4, 0.5) is 0 Å². The Kier molecular flexibility index (Phi) is 4.39. The van der Waals surface area contributed by atoms with Gasteiger partial charge < -0.3 is 14.8 Å². The SMILES string of the molecule is OB(O)c1ccc(COC2CCCc3ccccc32)cc1.[HH].[HH]. The van der Waals surface area contributed by atoms with E-state index in [1.165, 1.54) is 11.1 Å². The minimum atomic E-state index is -1.41. The van der Waals surface area contributed by atoms with Gasteiger partial charge in [-0.2, -0.15) is 0 Å². The molecule has 0 fully saturated rings. The number of ether oxygens (including phenoxy) is 1. The van der Waals surface area contributed by atoms with Crippen LogP contribution in [-0.2, 0) is 17.8 Å². The molecule has 4 heteroatoms. The molecule has 0 heterocycles. The van der Waals surface area contributed by atoms with Crippen LogP contribution in [0.1, 0.15) is 38.5 Å². The third-order valence-electron chi connectivity index (χ3n) is 4.04. The summed E-state index contributed by atoms with van der Waals surface area (Å²) < 4.78 is 6.07. The van der Waals surface area contributed by atoms with E-state index >= 15 is 0 Å². The van der Waals surface area contributed by atoms with Gasteiger partial charge in [-0.1, -0.05) is 48.5 Å². The van der Waals surface area contributed by atoms with Gasteiger partial charge in [0.25, 0.3) is 0 Å². The van der Waals surface area contributed by atoms with Crippen molar-refractivity contribution in [2.45, 2.75) is 32.0 Å². The standard InChI is InChI=1S/C17H19BO3.2H2/c19-18(20)15-10-8-13(9-11-15)12-21-17-7-3-5-14-4-1-2-6-16(14)17;;/h1-2,4,6,8-11,17,19-20H,3,5,7,12H2;2*1H. The van der Waals surface area contributed by atoms with Gasteiger partial charge in [-0.3, -0.25) is 0 Å². The lowest BCUT2D eigenvalue weighted by Gasteiger charge is -2.25. The van der Waals surface area contributed by atoms with Gasteiger partial charge in [-0.15, -0.1) is 0 Å². The van der Waals surface area contributed by atoms with Crippen molar-refractivity contribution >= 4 is 12.6 Å². The summed E-state index contributed by atoms with van der Waals surface area (Å²) >= 11 is 0. The summed E-state index contributed by atoms with van der Waals surface area (Å²) in [5, 5.41) is 18.2. The zero-order valence-corrected chi connectivity index (χ0v) is 11.9. The van der Waals surface area contributed by atoms with Crippen molar-refractivity contribution in [2.24, 2.45) is 0 Å². The number of benzene rings is 2. The number of rotatable bonds is 4. The lowest BCUT2D eigenvalue weighted by Crippen LogP contribution is -2.29. The quantitative estimate of drug-likeness (QED) is 0.849. The van der Waals surface area contributed by atoms with E-state index in [1.54, 1.807) is 12.1 Å². The normalized spacial score (nSPS) is 17.3. The van der Waals surface area contributed by atoms with Crippen LogP contribution in [0.2, 0.25) is 0 Å². The van der Waals surface area contributed by atoms with Crippen LogP contribution >= 0.6 is 0 Å². The van der Waals surface area contributed by atoms with E-state index in [1.807, 2.05) is 12.1 Å². The topological polar surface area (TPSA) is 49.7 Å². The van der Waals surface area contributed by atoms with Gasteiger partial charge in [-0.05, 0) is 41.4 Å². The highest BCUT2D eigenvalue weighted by atomic mass is 16.5. The van der Waals surface area contributed by atoms with Crippen molar-refractivity contribution in [1.29, 1.82) is 0 Å². The zero-order valence-electron chi connectivity index (χ0n) is 11.9. The van der Waals surface area contributed by atoms with E-state index in [0.717, 1.165) is 24.8 Å². The maximum absolute atomic E-state index is 9.08. The van der Waals surface area contributed by atoms with Crippen molar-refractivity contribution in [3.63, 3.8) is 0 Å². The molecule has 2 aromatic carbocycles. The van der Waals surface area contributed by atoms with Crippen LogP contribution in [0.15, 0.2) is 48.5 Å². The molecule has 1 atom stereocenters. The molecular weight excluding hydrogens is 263 g/mol. The maximum Gasteiger partial charge on any atom is 0.488 e. The molecule has 1 aliphatic carbocycles. The highest BCUT2D eigenvalue weighted by Crippen LogP contribution is 2.32. The molecule has 3 rings (SSSR count). The smallest absolute Gasteiger partial charge is 0.423 e. The molecule has 0 amide bonds. The molecule has 0 aromatic heterocycles. The van der Waals surface area contributed by atoms with E-state index in [2.05, 4.69) is 24.3 Å². The van der Waals surface area contributed by atoms with Crippen LogP contribution in [0.5, 0.6) is 0 Å². The van der Waals surface area contributed by atoms with Crippen molar-refractivity contribution in [2.75, 3.05) is 0 Å². The summed E-state index contributed by atoms with van der Waals surface area (Å²) in [7, 11) is -1.41. The summed E-state index contributed by atoms with van der Waals surface area (Å²) in [6, 6.07) is 15.7. The molecule has 2 N–H and O–H groups in total. The third kappa shape index (κ3) is 3.35. The number of hydrogen-bond acceptors (Lipinski definition) is 3. The van der Waals surface area contributed by atoms with Gasteiger partial charge >= 0.3 is 7.12 Å². The molecule has 0 aliphatic heterocycles. The van der Waals surface area contributed by atoms with Crippen LogP contribution in [-0.4, -0.2) is 17.2 Å². The van der Waals surface area contributed by atoms with Gasteiger partial charge in [0.2, 0.25) is 0 Å². The average molecular weight is 286 g/mol. The Morgan fingerprint density at radius 2 is 1.86 bits per heavy atom. The molecule has 0 radical (unpaired) electrons. The van der Waals surface area contributed by atoms with Gasteiger partial charge in [0.1, 0.15) is 0 Å². The lowest BCUT2D eigenvalue weighted by molar-refractivity contribution is 0.0283. The molecule has 1 unspecified atom stereocenters. The molecule has 2 aromatic rings. The van der Waals surface area contributed by atoms with Crippen molar-refractivity contribution < 1.29 is 17.6 Å². The fraction of sp³-hybridized carbons (Fsp3) is 0.294. The Balaban J connectivity index is 0.00000132. The lowest BCUT2D eigenvalue weighted by atomic mass is 9.80. The van der Waals surface area contributed by atoms with E-state index in [9.17, 15) is 0 Å². The summed E-state index contributed by atoms with van der Waals surface area (Å²) in [6.07, 6.45) is 3.53. The minimum Gasteiger partial charge on any atom is -0.423 e. The van der Waals surface area contributed by atoms with E-state index < -0.39 is 7.12 Å². The van der Waals surface area contributed by atoms with Gasteiger partial charge in [-0.25, -0.2) is 0 Å². The Bertz CT molecular complexity index is 605. The maximum atomic E-state index is 9.08. The fourth-order valence-electron chi connectivity index (χ4n) is 2.87. The van der Waals surface area contributed by atoms with Crippen molar-refractivity contribution in [1.82, 2.24) is 0 Å². The first-order valence-corrected chi connectivity index (χ1v) is 7.38. The van der Waals surface area contributed by atoms with E-state index in [4.69, 9.17) is 14.8 Å². The predicted octanol–water partition coefficient (Wildman–Crippen LogP) is 2.45. The first-order valence-electron chi connectivity index (χ1n) is 7.38. The average Bonchev–Trinajstić information content (AvgIpc) is 2.53. The Morgan fingerprint density at radius 3 is 2.62 bits per heavy atom. The highest BCUT2D eigenvalue weighted by Gasteiger charge is 2.20. The molecule has 0 saturated heterocycles. The second-order valence-electron chi connectivity index (χ2n) is 5.51. The second kappa shape index (κ2) is 6.44. The zero-order chi connectivity index (χ0) is 14.7. The second-order valence-corrected chi connectivity index (χ2v) is 5.51. The van der Waals surface area contributed by atoms with Gasteiger partial charge in [0.15, 0.2) is 0 Å². The molecule has 1 aliphatic rings. The van der Waals surface area contributed by atoms with E-state index in [0.29, 0.717) is 12.1 Å². The highest BCUT2D eigenvalue weighted by molar-refractivity contribution is 6.58. The van der Waals surface area contributed by atoms with Crippen LogP contribution in [0.3, 0.4) is 0 Å². The molecule has 112 valence electrons. The Hall–Kier alpha value is -1.62. The monoisotopic (exact) mass is 286 g/mol. The Morgan fingerprint density at radius 1 is 1.10 bits per heavy atom. The van der Waals surface area contributed by atoms with Gasteiger partial charge in [0.05, 0.1) is 12.7 Å². The predicted molar refractivity (Wildman–Crippen MR) is 87.4 cm³/mol. The molecule has 0 bridgehead atoms. The van der Waals surface area contributed by atoms with Crippen LogP contribution in [0.25, 0.3) is 0 Å². The van der Waals surface area contributed by atoms with Crippen LogP contribution < -0.4 is 5.46 Å². The summed E-state index contributed by atoms with van der Waals surface area (Å²) in [5.41, 5.74) is 4.25. The number of aryl methyl sites for hydroxylation is 1. The minimum absolute atomic E-state index is 0.